The van der Waals surface area contributed by atoms with Crippen molar-refractivity contribution in [2.75, 3.05) is 20.0 Å². The lowest BCUT2D eigenvalue weighted by Gasteiger charge is -2.37. The molecule has 3 atom stereocenters. The number of methoxy groups -OCH3 is 1. The fraction of sp³-hybridized carbons (Fsp3) is 0.667. The van der Waals surface area contributed by atoms with Crippen LogP contribution >= 0.6 is 0 Å². The van der Waals surface area contributed by atoms with E-state index in [1.54, 1.807) is 0 Å². The SMILES string of the molecule is COC1=CC=C(F)C2CCC(COS(C)(=O)=O)OC12. The average Bonchev–Trinajstić information content (AvgIpc) is 2.36. The van der Waals surface area contributed by atoms with Crippen LogP contribution in [0.5, 0.6) is 0 Å². The van der Waals surface area contributed by atoms with E-state index in [2.05, 4.69) is 0 Å². The second-order valence-corrected chi connectivity index (χ2v) is 6.32. The summed E-state index contributed by atoms with van der Waals surface area (Å²) >= 11 is 0. The Morgan fingerprint density at radius 1 is 1.42 bits per heavy atom. The first-order valence-corrected chi connectivity index (χ1v) is 7.83. The zero-order valence-corrected chi connectivity index (χ0v) is 11.7. The highest BCUT2D eigenvalue weighted by Gasteiger charge is 2.39. The highest BCUT2D eigenvalue weighted by molar-refractivity contribution is 7.85. The van der Waals surface area contributed by atoms with E-state index in [1.165, 1.54) is 19.3 Å². The summed E-state index contributed by atoms with van der Waals surface area (Å²) in [5.74, 6) is -0.0295. The second kappa shape index (κ2) is 5.60. The number of ether oxygens (including phenoxy) is 2. The van der Waals surface area contributed by atoms with Crippen LogP contribution in [-0.2, 0) is 23.8 Å². The minimum Gasteiger partial charge on any atom is -0.498 e. The van der Waals surface area contributed by atoms with Crippen LogP contribution in [0.4, 0.5) is 4.39 Å². The van der Waals surface area contributed by atoms with Crippen LogP contribution in [0.1, 0.15) is 12.8 Å². The number of fused-ring (bicyclic) bond motifs is 1. The van der Waals surface area contributed by atoms with Gasteiger partial charge in [-0.15, -0.1) is 0 Å². The summed E-state index contributed by atoms with van der Waals surface area (Å²) in [5, 5.41) is 0. The van der Waals surface area contributed by atoms with Crippen molar-refractivity contribution in [3.63, 3.8) is 0 Å². The molecule has 0 aromatic heterocycles. The maximum absolute atomic E-state index is 13.7. The summed E-state index contributed by atoms with van der Waals surface area (Å²) < 4.78 is 51.2. The first-order chi connectivity index (χ1) is 8.90. The van der Waals surface area contributed by atoms with E-state index in [-0.39, 0.29) is 24.5 Å². The minimum absolute atomic E-state index is 0.0512. The molecule has 1 heterocycles. The van der Waals surface area contributed by atoms with Crippen molar-refractivity contribution in [3.05, 3.63) is 23.7 Å². The van der Waals surface area contributed by atoms with Gasteiger partial charge in [0.2, 0.25) is 0 Å². The van der Waals surface area contributed by atoms with Gasteiger partial charge in [0.1, 0.15) is 17.7 Å². The van der Waals surface area contributed by atoms with Crippen molar-refractivity contribution in [1.82, 2.24) is 0 Å². The van der Waals surface area contributed by atoms with Gasteiger partial charge < -0.3 is 9.47 Å². The normalized spacial score (nSPS) is 31.2. The highest BCUT2D eigenvalue weighted by Crippen LogP contribution is 2.38. The maximum Gasteiger partial charge on any atom is 0.264 e. The number of allylic oxidation sites excluding steroid dienone is 2. The second-order valence-electron chi connectivity index (χ2n) is 4.68. The molecule has 2 rings (SSSR count). The molecule has 0 N–H and O–H groups in total. The molecule has 108 valence electrons. The van der Waals surface area contributed by atoms with Gasteiger partial charge >= 0.3 is 0 Å². The number of hydrogen-bond acceptors (Lipinski definition) is 5. The Balaban J connectivity index is 2.02. The lowest BCUT2D eigenvalue weighted by Crippen LogP contribution is -2.40. The molecule has 7 heteroatoms. The quantitative estimate of drug-likeness (QED) is 0.735. The van der Waals surface area contributed by atoms with Gasteiger partial charge in [-0.3, -0.25) is 4.18 Å². The molecule has 3 unspecified atom stereocenters. The smallest absolute Gasteiger partial charge is 0.264 e. The lowest BCUT2D eigenvalue weighted by molar-refractivity contribution is -0.0932. The van der Waals surface area contributed by atoms with Crippen molar-refractivity contribution in [3.8, 4) is 0 Å². The molecule has 0 spiro atoms. The van der Waals surface area contributed by atoms with Crippen LogP contribution in [0.25, 0.3) is 0 Å². The van der Waals surface area contributed by atoms with E-state index in [0.717, 1.165) is 6.26 Å². The Morgan fingerprint density at radius 3 is 2.79 bits per heavy atom. The van der Waals surface area contributed by atoms with E-state index in [4.69, 9.17) is 13.7 Å². The fourth-order valence-corrected chi connectivity index (χ4v) is 2.72. The third-order valence-corrected chi connectivity index (χ3v) is 3.81. The lowest BCUT2D eigenvalue weighted by atomic mass is 9.86. The Kier molecular flexibility index (Phi) is 4.27. The van der Waals surface area contributed by atoms with Crippen LogP contribution in [0.3, 0.4) is 0 Å². The number of hydrogen-bond donors (Lipinski definition) is 0. The van der Waals surface area contributed by atoms with Crippen LogP contribution in [-0.4, -0.2) is 40.6 Å². The van der Waals surface area contributed by atoms with E-state index in [0.29, 0.717) is 18.6 Å². The Morgan fingerprint density at radius 2 is 2.16 bits per heavy atom. The van der Waals surface area contributed by atoms with E-state index >= 15 is 0 Å². The number of rotatable bonds is 4. The minimum atomic E-state index is -3.49. The van der Waals surface area contributed by atoms with Gasteiger partial charge in [0, 0.05) is 5.92 Å². The molecular formula is C12H17FO5S. The molecular weight excluding hydrogens is 275 g/mol. The Labute approximate surface area is 112 Å². The Hall–Kier alpha value is -0.920. The van der Waals surface area contributed by atoms with Gasteiger partial charge in [-0.1, -0.05) is 0 Å². The van der Waals surface area contributed by atoms with Gasteiger partial charge in [-0.25, -0.2) is 4.39 Å². The molecule has 0 aromatic rings. The zero-order chi connectivity index (χ0) is 14.0. The molecule has 1 saturated heterocycles. The van der Waals surface area contributed by atoms with Crippen molar-refractivity contribution >= 4 is 10.1 Å². The third-order valence-electron chi connectivity index (χ3n) is 3.25. The predicted octanol–water partition coefficient (Wildman–Crippen LogP) is 1.52. The summed E-state index contributed by atoms with van der Waals surface area (Å²) in [5.41, 5.74) is 0. The van der Waals surface area contributed by atoms with Gasteiger partial charge in [0.15, 0.2) is 0 Å². The summed E-state index contributed by atoms with van der Waals surface area (Å²) in [4.78, 5) is 0. The zero-order valence-electron chi connectivity index (χ0n) is 10.8. The van der Waals surface area contributed by atoms with Gasteiger partial charge in [-0.05, 0) is 25.0 Å². The van der Waals surface area contributed by atoms with E-state index < -0.39 is 16.2 Å². The van der Waals surface area contributed by atoms with Crippen molar-refractivity contribution in [1.29, 1.82) is 0 Å². The monoisotopic (exact) mass is 292 g/mol. The summed E-state index contributed by atoms with van der Waals surface area (Å²) in [6.07, 6.45) is 4.16. The molecule has 0 aromatic carbocycles. The molecule has 0 saturated carbocycles. The molecule has 19 heavy (non-hydrogen) atoms. The van der Waals surface area contributed by atoms with E-state index in [1.807, 2.05) is 0 Å². The van der Waals surface area contributed by atoms with E-state index in [9.17, 15) is 12.8 Å². The van der Waals surface area contributed by atoms with Gasteiger partial charge in [0.05, 0.1) is 26.1 Å². The standard InChI is InChI=1S/C12H17FO5S/c1-16-11-6-5-10(13)9-4-3-8(18-12(9)11)7-17-19(2,14)15/h5-6,8-9,12H,3-4,7H2,1-2H3. The summed E-state index contributed by atoms with van der Waals surface area (Å²) in [6.45, 7) is -0.0512. The molecule has 1 fully saturated rings. The highest BCUT2D eigenvalue weighted by atomic mass is 32.2. The van der Waals surface area contributed by atoms with Crippen molar-refractivity contribution in [2.45, 2.75) is 25.0 Å². The predicted molar refractivity (Wildman–Crippen MR) is 66.5 cm³/mol. The molecule has 5 nitrogen and oxygen atoms in total. The number of halogens is 1. The molecule has 2 aliphatic rings. The first kappa shape index (κ1) is 14.5. The fourth-order valence-electron chi connectivity index (χ4n) is 2.32. The van der Waals surface area contributed by atoms with Crippen LogP contribution in [0.2, 0.25) is 0 Å². The molecule has 1 aliphatic carbocycles. The van der Waals surface area contributed by atoms with Gasteiger partial charge in [-0.2, -0.15) is 8.42 Å². The van der Waals surface area contributed by atoms with Crippen LogP contribution in [0, 0.1) is 5.92 Å². The summed E-state index contributed by atoms with van der Waals surface area (Å²) in [7, 11) is -1.99. The molecule has 0 bridgehead atoms. The molecule has 1 aliphatic heterocycles. The third kappa shape index (κ3) is 3.55. The summed E-state index contributed by atoms with van der Waals surface area (Å²) in [6, 6.07) is 0. The van der Waals surface area contributed by atoms with Crippen molar-refractivity contribution < 1.29 is 26.5 Å². The maximum atomic E-state index is 13.7. The first-order valence-electron chi connectivity index (χ1n) is 6.02. The Bertz CT molecular complexity index is 496. The van der Waals surface area contributed by atoms with Gasteiger partial charge in [0.25, 0.3) is 10.1 Å². The van der Waals surface area contributed by atoms with Crippen LogP contribution in [0.15, 0.2) is 23.7 Å². The topological polar surface area (TPSA) is 61.8 Å². The average molecular weight is 292 g/mol. The molecule has 0 amide bonds. The largest absolute Gasteiger partial charge is 0.498 e. The molecule has 0 radical (unpaired) electrons. The van der Waals surface area contributed by atoms with Crippen LogP contribution < -0.4 is 0 Å². The van der Waals surface area contributed by atoms with Crippen molar-refractivity contribution in [2.24, 2.45) is 5.92 Å².